The molecule has 0 radical (unpaired) electrons. The molecule has 0 bridgehead atoms. The fourth-order valence-electron chi connectivity index (χ4n) is 2.59. The average molecular weight is 182 g/mol. The number of nitrogens with zero attached hydrogens (tertiary/aromatic N) is 2. The second-order valence-corrected chi connectivity index (χ2v) is 5.30. The van der Waals surface area contributed by atoms with Gasteiger partial charge in [0, 0.05) is 19.1 Å². The van der Waals surface area contributed by atoms with Crippen LogP contribution >= 0.6 is 0 Å². The molecule has 2 saturated heterocycles. The number of hydrogen-bond donors (Lipinski definition) is 0. The van der Waals surface area contributed by atoms with E-state index in [4.69, 9.17) is 0 Å². The van der Waals surface area contributed by atoms with Crippen LogP contribution in [0.4, 0.5) is 0 Å². The number of rotatable bonds is 1. The summed E-state index contributed by atoms with van der Waals surface area (Å²) in [7, 11) is 2.24. The normalized spacial score (nSPS) is 29.5. The molecular weight excluding hydrogens is 160 g/mol. The number of likely N-dealkylation sites (tertiary alicyclic amines) is 2. The first-order chi connectivity index (χ1) is 6.11. The molecule has 0 amide bonds. The third kappa shape index (κ3) is 1.75. The van der Waals surface area contributed by atoms with Gasteiger partial charge in [-0.1, -0.05) is 0 Å². The van der Waals surface area contributed by atoms with Gasteiger partial charge in [-0.25, -0.2) is 0 Å². The van der Waals surface area contributed by atoms with Gasteiger partial charge in [0.15, 0.2) is 0 Å². The van der Waals surface area contributed by atoms with Gasteiger partial charge >= 0.3 is 0 Å². The molecular formula is C11H22N2. The maximum Gasteiger partial charge on any atom is 0.00541 e. The Hall–Kier alpha value is -0.0800. The van der Waals surface area contributed by atoms with Crippen molar-refractivity contribution in [2.75, 3.05) is 33.2 Å². The largest absolute Gasteiger partial charge is 0.306 e. The van der Waals surface area contributed by atoms with Crippen LogP contribution in [-0.2, 0) is 0 Å². The lowest BCUT2D eigenvalue weighted by Crippen LogP contribution is -2.61. The van der Waals surface area contributed by atoms with Gasteiger partial charge in [0.25, 0.3) is 0 Å². The third-order valence-corrected chi connectivity index (χ3v) is 3.86. The zero-order chi connectivity index (χ0) is 9.47. The summed E-state index contributed by atoms with van der Waals surface area (Å²) < 4.78 is 0. The van der Waals surface area contributed by atoms with Gasteiger partial charge in [-0.05, 0) is 52.2 Å². The molecule has 0 aromatic carbocycles. The molecule has 0 aromatic rings. The summed E-state index contributed by atoms with van der Waals surface area (Å²) in [6.45, 7) is 9.96. The summed E-state index contributed by atoms with van der Waals surface area (Å²) in [5, 5.41) is 0. The Morgan fingerprint density at radius 1 is 1.08 bits per heavy atom. The van der Waals surface area contributed by atoms with Crippen LogP contribution in [0.25, 0.3) is 0 Å². The summed E-state index contributed by atoms with van der Waals surface area (Å²) in [6.07, 6.45) is 2.85. The van der Waals surface area contributed by atoms with E-state index in [1.165, 1.54) is 39.0 Å². The van der Waals surface area contributed by atoms with Crippen LogP contribution in [0.15, 0.2) is 0 Å². The maximum atomic E-state index is 2.60. The lowest BCUT2D eigenvalue weighted by Gasteiger charge is -2.55. The molecule has 1 spiro atoms. The highest BCUT2D eigenvalue weighted by molar-refractivity contribution is 4.98. The van der Waals surface area contributed by atoms with Crippen molar-refractivity contribution >= 4 is 0 Å². The first-order valence-corrected chi connectivity index (χ1v) is 5.54. The van der Waals surface area contributed by atoms with E-state index in [9.17, 15) is 0 Å². The van der Waals surface area contributed by atoms with Gasteiger partial charge in [-0.2, -0.15) is 0 Å². The van der Waals surface area contributed by atoms with E-state index in [-0.39, 0.29) is 0 Å². The van der Waals surface area contributed by atoms with Crippen molar-refractivity contribution in [2.24, 2.45) is 5.41 Å². The highest BCUT2D eigenvalue weighted by atomic mass is 15.2. The molecule has 2 nitrogen and oxygen atoms in total. The summed E-state index contributed by atoms with van der Waals surface area (Å²) in [5.74, 6) is 0. The lowest BCUT2D eigenvalue weighted by molar-refractivity contribution is -0.0586. The molecule has 2 aliphatic heterocycles. The predicted molar refractivity (Wildman–Crippen MR) is 55.9 cm³/mol. The first-order valence-electron chi connectivity index (χ1n) is 5.54. The van der Waals surface area contributed by atoms with Crippen molar-refractivity contribution in [1.29, 1.82) is 0 Å². The maximum absolute atomic E-state index is 2.60. The summed E-state index contributed by atoms with van der Waals surface area (Å²) >= 11 is 0. The minimum Gasteiger partial charge on any atom is -0.306 e. The molecule has 13 heavy (non-hydrogen) atoms. The zero-order valence-corrected chi connectivity index (χ0v) is 9.21. The lowest BCUT2D eigenvalue weighted by atomic mass is 9.71. The Kier molecular flexibility index (Phi) is 2.37. The molecule has 0 aromatic heterocycles. The molecule has 2 aliphatic rings. The second-order valence-electron chi connectivity index (χ2n) is 5.30. The van der Waals surface area contributed by atoms with E-state index >= 15 is 0 Å². The minimum absolute atomic E-state index is 0.719. The van der Waals surface area contributed by atoms with Crippen molar-refractivity contribution < 1.29 is 0 Å². The Balaban J connectivity index is 1.83. The standard InChI is InChI=1S/C11H22N2/c1-10(2)13-8-11(9-13)4-6-12(3)7-5-11/h10H,4-9H2,1-3H3. The van der Waals surface area contributed by atoms with Gasteiger partial charge in [0.05, 0.1) is 0 Å². The summed E-state index contributed by atoms with van der Waals surface area (Å²) in [5.41, 5.74) is 0.719. The van der Waals surface area contributed by atoms with Crippen LogP contribution < -0.4 is 0 Å². The van der Waals surface area contributed by atoms with Crippen LogP contribution in [0.1, 0.15) is 26.7 Å². The Morgan fingerprint density at radius 3 is 2.08 bits per heavy atom. The topological polar surface area (TPSA) is 6.48 Å². The van der Waals surface area contributed by atoms with E-state index in [1.54, 1.807) is 0 Å². The van der Waals surface area contributed by atoms with Crippen LogP contribution in [0.2, 0.25) is 0 Å². The van der Waals surface area contributed by atoms with Crippen LogP contribution in [0.3, 0.4) is 0 Å². The molecule has 2 heterocycles. The smallest absolute Gasteiger partial charge is 0.00541 e. The SMILES string of the molecule is CC(C)N1CC2(CCN(C)CC2)C1. The van der Waals surface area contributed by atoms with Crippen LogP contribution in [-0.4, -0.2) is 49.1 Å². The van der Waals surface area contributed by atoms with Crippen molar-refractivity contribution in [2.45, 2.75) is 32.7 Å². The second kappa shape index (κ2) is 3.25. The van der Waals surface area contributed by atoms with E-state index < -0.39 is 0 Å². The van der Waals surface area contributed by atoms with Crippen molar-refractivity contribution in [1.82, 2.24) is 9.80 Å². The molecule has 0 atom stereocenters. The van der Waals surface area contributed by atoms with Crippen molar-refractivity contribution in [3.63, 3.8) is 0 Å². The molecule has 0 saturated carbocycles. The monoisotopic (exact) mass is 182 g/mol. The number of piperidine rings is 1. The average Bonchev–Trinajstić information content (AvgIpc) is 2.02. The fraction of sp³-hybridized carbons (Fsp3) is 1.00. The van der Waals surface area contributed by atoms with Crippen LogP contribution in [0, 0.1) is 5.41 Å². The molecule has 76 valence electrons. The van der Waals surface area contributed by atoms with Crippen molar-refractivity contribution in [3.8, 4) is 0 Å². The first kappa shape index (κ1) is 9.47. The zero-order valence-electron chi connectivity index (χ0n) is 9.21. The molecule has 0 aliphatic carbocycles. The Bertz CT molecular complexity index is 173. The Morgan fingerprint density at radius 2 is 1.62 bits per heavy atom. The van der Waals surface area contributed by atoms with Crippen molar-refractivity contribution in [3.05, 3.63) is 0 Å². The van der Waals surface area contributed by atoms with Gasteiger partial charge in [-0.15, -0.1) is 0 Å². The molecule has 2 rings (SSSR count). The fourth-order valence-corrected chi connectivity index (χ4v) is 2.59. The molecule has 2 fully saturated rings. The highest BCUT2D eigenvalue weighted by Crippen LogP contribution is 2.40. The third-order valence-electron chi connectivity index (χ3n) is 3.86. The summed E-state index contributed by atoms with van der Waals surface area (Å²) in [6, 6.07) is 0.755. The minimum atomic E-state index is 0.719. The predicted octanol–water partition coefficient (Wildman–Crippen LogP) is 1.42. The molecule has 2 heteroatoms. The van der Waals surface area contributed by atoms with Gasteiger partial charge in [0.1, 0.15) is 0 Å². The van der Waals surface area contributed by atoms with E-state index in [2.05, 4.69) is 30.7 Å². The number of hydrogen-bond acceptors (Lipinski definition) is 2. The summed E-state index contributed by atoms with van der Waals surface area (Å²) in [4.78, 5) is 5.06. The van der Waals surface area contributed by atoms with Crippen LogP contribution in [0.5, 0.6) is 0 Å². The van der Waals surface area contributed by atoms with Gasteiger partial charge in [0.2, 0.25) is 0 Å². The molecule has 0 N–H and O–H groups in total. The quantitative estimate of drug-likeness (QED) is 0.605. The van der Waals surface area contributed by atoms with Gasteiger partial charge < -0.3 is 4.90 Å². The van der Waals surface area contributed by atoms with E-state index in [1.807, 2.05) is 0 Å². The van der Waals surface area contributed by atoms with Gasteiger partial charge in [-0.3, -0.25) is 4.90 Å². The van der Waals surface area contributed by atoms with E-state index in [0.717, 1.165) is 11.5 Å². The Labute approximate surface area is 81.9 Å². The highest BCUT2D eigenvalue weighted by Gasteiger charge is 2.44. The molecule has 0 unspecified atom stereocenters. The van der Waals surface area contributed by atoms with E-state index in [0.29, 0.717) is 0 Å².